The summed E-state index contributed by atoms with van der Waals surface area (Å²) in [6.07, 6.45) is 2.25. The number of hydrogen-bond acceptors (Lipinski definition) is 2. The Kier molecular flexibility index (Phi) is 5.25. The fourth-order valence-electron chi connectivity index (χ4n) is 2.70. The molecule has 3 unspecified atom stereocenters. The van der Waals surface area contributed by atoms with Crippen LogP contribution in [0.5, 0.6) is 0 Å². The number of carbonyl (C=O) groups is 1. The second kappa shape index (κ2) is 5.87. The highest BCUT2D eigenvalue weighted by molar-refractivity contribution is 14.1. The molecule has 2 N–H and O–H groups in total. The molecule has 3 atom stereocenters. The van der Waals surface area contributed by atoms with E-state index in [0.717, 1.165) is 12.8 Å². The monoisotopic (exact) mass is 354 g/mol. The maximum Gasteiger partial charge on any atom is 0.319 e. The number of quaternary nitrogens is 1. The van der Waals surface area contributed by atoms with E-state index in [4.69, 9.17) is 4.74 Å². The molecule has 1 aliphatic heterocycles. The summed E-state index contributed by atoms with van der Waals surface area (Å²) < 4.78 is 5.60. The average molecular weight is 354 g/mol. The van der Waals surface area contributed by atoms with Gasteiger partial charge in [-0.05, 0) is 34.6 Å². The van der Waals surface area contributed by atoms with Crippen LogP contribution in [0.2, 0.25) is 0 Å². The Hall–Kier alpha value is 0.160. The highest BCUT2D eigenvalue weighted by Gasteiger charge is 2.40. The van der Waals surface area contributed by atoms with E-state index in [9.17, 15) is 4.79 Å². The van der Waals surface area contributed by atoms with Crippen LogP contribution in [0.3, 0.4) is 0 Å². The number of esters is 1. The third-order valence-corrected chi connectivity index (χ3v) is 4.15. The van der Waals surface area contributed by atoms with Gasteiger partial charge in [-0.1, -0.05) is 22.6 Å². The summed E-state index contributed by atoms with van der Waals surface area (Å²) >= 11 is 2.11. The molecule has 0 aromatic carbocycles. The van der Waals surface area contributed by atoms with Crippen LogP contribution >= 0.6 is 22.6 Å². The number of hydrogen-bond donors (Lipinski definition) is 1. The zero-order valence-corrected chi connectivity index (χ0v) is 13.7. The summed E-state index contributed by atoms with van der Waals surface area (Å²) in [5, 5.41) is 2.41. The number of rotatable bonds is 3. The van der Waals surface area contributed by atoms with E-state index < -0.39 is 0 Å². The van der Waals surface area contributed by atoms with Gasteiger partial charge >= 0.3 is 5.97 Å². The first-order valence-corrected chi connectivity index (χ1v) is 7.69. The van der Waals surface area contributed by atoms with Crippen molar-refractivity contribution in [3.8, 4) is 0 Å². The van der Waals surface area contributed by atoms with Crippen molar-refractivity contribution in [2.75, 3.05) is 0 Å². The van der Waals surface area contributed by atoms with Crippen LogP contribution in [-0.4, -0.2) is 27.6 Å². The number of nitrogens with two attached hydrogens (primary N) is 1. The van der Waals surface area contributed by atoms with Gasteiger partial charge in [0.25, 0.3) is 0 Å². The van der Waals surface area contributed by atoms with E-state index in [2.05, 4.69) is 55.6 Å². The molecule has 1 saturated heterocycles. The van der Waals surface area contributed by atoms with Gasteiger partial charge in [-0.3, -0.25) is 4.79 Å². The Morgan fingerprint density at radius 1 is 1.35 bits per heavy atom. The zero-order valence-electron chi connectivity index (χ0n) is 11.5. The Morgan fingerprint density at radius 3 is 2.24 bits per heavy atom. The first-order chi connectivity index (χ1) is 7.72. The topological polar surface area (TPSA) is 42.9 Å². The van der Waals surface area contributed by atoms with E-state index in [1.54, 1.807) is 0 Å². The van der Waals surface area contributed by atoms with Crippen molar-refractivity contribution >= 4 is 28.6 Å². The van der Waals surface area contributed by atoms with Gasteiger partial charge < -0.3 is 10.1 Å². The summed E-state index contributed by atoms with van der Waals surface area (Å²) in [6.45, 7) is 10.5. The number of ether oxygens (including phenoxy) is 1. The van der Waals surface area contributed by atoms with Crippen molar-refractivity contribution in [2.24, 2.45) is 5.92 Å². The number of alkyl halides is 1. The molecular weight excluding hydrogens is 329 g/mol. The Balaban J connectivity index is 2.65. The molecule has 1 rings (SSSR count). The van der Waals surface area contributed by atoms with Gasteiger partial charge in [0.2, 0.25) is 0 Å². The van der Waals surface area contributed by atoms with Crippen LogP contribution in [0.4, 0.5) is 0 Å². The lowest BCUT2D eigenvalue weighted by atomic mass is 9.78. The fourth-order valence-corrected chi connectivity index (χ4v) is 2.83. The van der Waals surface area contributed by atoms with E-state index in [0.29, 0.717) is 18.0 Å². The van der Waals surface area contributed by atoms with Gasteiger partial charge in [-0.15, -0.1) is 0 Å². The molecule has 0 saturated carbocycles. The van der Waals surface area contributed by atoms with Crippen molar-refractivity contribution in [2.45, 2.75) is 69.1 Å². The summed E-state index contributed by atoms with van der Waals surface area (Å²) in [7, 11) is 0. The van der Waals surface area contributed by atoms with Crippen LogP contribution in [0.25, 0.3) is 0 Å². The second-order valence-electron chi connectivity index (χ2n) is 5.96. The SMILES string of the molecule is CC1CC(C(C)(C)OC(=O)C(C)I)CC(C)[NH2+]1. The molecular formula is C13H25INO2+. The minimum atomic E-state index is -0.340. The first kappa shape index (κ1) is 15.2. The van der Waals surface area contributed by atoms with Gasteiger partial charge in [-0.2, -0.15) is 0 Å². The van der Waals surface area contributed by atoms with Gasteiger partial charge in [0.15, 0.2) is 0 Å². The molecule has 0 aromatic heterocycles. The van der Waals surface area contributed by atoms with E-state index in [-0.39, 0.29) is 15.5 Å². The fraction of sp³-hybridized carbons (Fsp3) is 0.923. The molecule has 100 valence electrons. The predicted molar refractivity (Wildman–Crippen MR) is 77.2 cm³/mol. The van der Waals surface area contributed by atoms with Gasteiger partial charge in [0.1, 0.15) is 9.53 Å². The molecule has 0 aromatic rings. The highest BCUT2D eigenvalue weighted by Crippen LogP contribution is 2.31. The van der Waals surface area contributed by atoms with Crippen molar-refractivity contribution in [3.05, 3.63) is 0 Å². The smallest absolute Gasteiger partial charge is 0.319 e. The maximum atomic E-state index is 11.7. The Morgan fingerprint density at radius 2 is 1.82 bits per heavy atom. The maximum absolute atomic E-state index is 11.7. The van der Waals surface area contributed by atoms with Crippen molar-refractivity contribution < 1.29 is 14.8 Å². The number of carbonyl (C=O) groups excluding carboxylic acids is 1. The molecule has 0 aliphatic carbocycles. The summed E-state index contributed by atoms with van der Waals surface area (Å²) in [5.41, 5.74) is -0.340. The molecule has 1 aliphatic rings. The van der Waals surface area contributed by atoms with Gasteiger partial charge in [0.05, 0.1) is 12.1 Å². The summed E-state index contributed by atoms with van der Waals surface area (Å²) in [6, 6.07) is 1.25. The third kappa shape index (κ3) is 4.39. The van der Waals surface area contributed by atoms with Crippen LogP contribution in [0.1, 0.15) is 47.5 Å². The second-order valence-corrected chi connectivity index (χ2v) is 7.82. The molecule has 17 heavy (non-hydrogen) atoms. The standard InChI is InChI=1S/C13H24INO2/c1-8-6-11(7-9(2)15-8)13(4,5)17-12(16)10(3)14/h8-11,15H,6-7H2,1-5H3/p+1. The van der Waals surface area contributed by atoms with Crippen molar-refractivity contribution in [3.63, 3.8) is 0 Å². The van der Waals surface area contributed by atoms with Gasteiger partial charge in [0, 0.05) is 18.8 Å². The van der Waals surface area contributed by atoms with Gasteiger partial charge in [-0.25, -0.2) is 0 Å². The minimum Gasteiger partial charge on any atom is -0.459 e. The molecule has 0 spiro atoms. The number of halogens is 1. The van der Waals surface area contributed by atoms with E-state index >= 15 is 0 Å². The Bertz CT molecular complexity index is 269. The molecule has 3 nitrogen and oxygen atoms in total. The quantitative estimate of drug-likeness (QED) is 0.478. The Labute approximate surface area is 118 Å². The van der Waals surface area contributed by atoms with Crippen LogP contribution < -0.4 is 5.32 Å². The lowest BCUT2D eigenvalue weighted by Crippen LogP contribution is -2.96. The number of piperidine rings is 1. The molecule has 0 bridgehead atoms. The molecule has 0 radical (unpaired) electrons. The van der Waals surface area contributed by atoms with E-state index in [1.807, 2.05) is 6.92 Å². The normalized spacial score (nSPS) is 32.0. The zero-order chi connectivity index (χ0) is 13.2. The summed E-state index contributed by atoms with van der Waals surface area (Å²) in [4.78, 5) is 11.7. The molecule has 0 amide bonds. The van der Waals surface area contributed by atoms with Crippen LogP contribution in [0.15, 0.2) is 0 Å². The minimum absolute atomic E-state index is 0.0723. The largest absolute Gasteiger partial charge is 0.459 e. The van der Waals surface area contributed by atoms with Crippen LogP contribution in [0, 0.1) is 5.92 Å². The van der Waals surface area contributed by atoms with Crippen molar-refractivity contribution in [1.29, 1.82) is 0 Å². The lowest BCUT2D eigenvalue weighted by Gasteiger charge is -2.39. The molecule has 1 fully saturated rings. The lowest BCUT2D eigenvalue weighted by molar-refractivity contribution is -0.727. The predicted octanol–water partition coefficient (Wildman–Crippen LogP) is 1.88. The third-order valence-electron chi connectivity index (χ3n) is 3.64. The molecule has 4 heteroatoms. The summed E-state index contributed by atoms with van der Waals surface area (Å²) in [5.74, 6) is 0.377. The average Bonchev–Trinajstić information content (AvgIpc) is 2.15. The highest BCUT2D eigenvalue weighted by atomic mass is 127. The van der Waals surface area contributed by atoms with E-state index in [1.165, 1.54) is 0 Å². The first-order valence-electron chi connectivity index (χ1n) is 6.44. The molecule has 1 heterocycles. The van der Waals surface area contributed by atoms with Crippen LogP contribution in [-0.2, 0) is 9.53 Å². The van der Waals surface area contributed by atoms with Crippen molar-refractivity contribution in [1.82, 2.24) is 0 Å².